The standard InChI is InChI=1S/C22H54N10O4/c1-15(23)28-11-6-9-18(32-20(35)17(24)8-3-4-10-27-2)21(36)31-16(13-30-19(34)14-33)7-5-12-29-22(25)26/h15-19,21-22,27-31,33-34,36H,3-14,23-26H2,1-2H3,(H,32,35). The molecule has 6 unspecified atom stereocenters. The van der Waals surface area contributed by atoms with Crippen molar-refractivity contribution in [1.82, 2.24) is 31.9 Å². The van der Waals surface area contributed by atoms with Gasteiger partial charge in [0.15, 0.2) is 0 Å². The fourth-order valence-electron chi connectivity index (χ4n) is 3.61. The number of carbonyl (C=O) groups is 1. The minimum absolute atomic E-state index is 0.157. The van der Waals surface area contributed by atoms with Crippen molar-refractivity contribution in [3.8, 4) is 0 Å². The van der Waals surface area contributed by atoms with Gasteiger partial charge < -0.3 is 54.2 Å². The maximum absolute atomic E-state index is 12.7. The first kappa shape index (κ1) is 35.0. The van der Waals surface area contributed by atoms with E-state index in [0.717, 1.165) is 19.4 Å². The normalized spacial score (nSPS) is 16.9. The zero-order valence-corrected chi connectivity index (χ0v) is 22.1. The van der Waals surface area contributed by atoms with Gasteiger partial charge in [-0.2, -0.15) is 0 Å². The van der Waals surface area contributed by atoms with Crippen molar-refractivity contribution in [2.75, 3.05) is 39.8 Å². The molecule has 36 heavy (non-hydrogen) atoms. The van der Waals surface area contributed by atoms with Crippen LogP contribution in [0.4, 0.5) is 0 Å². The molecule has 0 aromatic heterocycles. The van der Waals surface area contributed by atoms with E-state index in [1.807, 2.05) is 14.0 Å². The predicted octanol–water partition coefficient (Wildman–Crippen LogP) is -4.39. The molecule has 0 aliphatic rings. The topological polar surface area (TPSA) is 254 Å². The first-order valence-corrected chi connectivity index (χ1v) is 13.0. The first-order chi connectivity index (χ1) is 17.1. The van der Waals surface area contributed by atoms with Gasteiger partial charge in [-0.05, 0) is 72.1 Å². The third kappa shape index (κ3) is 19.1. The quantitative estimate of drug-likeness (QED) is 0.0423. The fourth-order valence-corrected chi connectivity index (χ4v) is 3.61. The summed E-state index contributed by atoms with van der Waals surface area (Å²) in [6, 6.07) is -1.52. The summed E-state index contributed by atoms with van der Waals surface area (Å²) in [6.45, 7) is 3.75. The van der Waals surface area contributed by atoms with Crippen molar-refractivity contribution >= 4 is 5.91 Å². The minimum Gasteiger partial charge on any atom is -0.392 e. The highest BCUT2D eigenvalue weighted by atomic mass is 16.3. The Morgan fingerprint density at radius 1 is 0.861 bits per heavy atom. The van der Waals surface area contributed by atoms with Crippen LogP contribution in [0.5, 0.6) is 0 Å². The summed E-state index contributed by atoms with van der Waals surface area (Å²) in [5, 5.41) is 47.8. The van der Waals surface area contributed by atoms with Crippen molar-refractivity contribution in [3.63, 3.8) is 0 Å². The lowest BCUT2D eigenvalue weighted by Crippen LogP contribution is -2.57. The van der Waals surface area contributed by atoms with Crippen LogP contribution in [0.25, 0.3) is 0 Å². The highest BCUT2D eigenvalue weighted by molar-refractivity contribution is 5.81. The van der Waals surface area contributed by atoms with E-state index in [1.54, 1.807) is 0 Å². The second kappa shape index (κ2) is 22.0. The lowest BCUT2D eigenvalue weighted by atomic mass is 10.0. The molecule has 0 saturated heterocycles. The van der Waals surface area contributed by atoms with Gasteiger partial charge in [0, 0.05) is 12.6 Å². The Bertz CT molecular complexity index is 533. The number of hydrogen-bond donors (Lipinski definition) is 13. The highest BCUT2D eigenvalue weighted by Gasteiger charge is 2.26. The molecule has 0 saturated carbocycles. The van der Waals surface area contributed by atoms with Crippen LogP contribution in [0.15, 0.2) is 0 Å². The molecule has 0 aromatic carbocycles. The predicted molar refractivity (Wildman–Crippen MR) is 142 cm³/mol. The average molecular weight is 523 g/mol. The summed E-state index contributed by atoms with van der Waals surface area (Å²) in [5.41, 5.74) is 22.9. The Hall–Kier alpha value is -1.01. The van der Waals surface area contributed by atoms with E-state index in [9.17, 15) is 15.0 Å². The van der Waals surface area contributed by atoms with E-state index < -0.39 is 37.4 Å². The van der Waals surface area contributed by atoms with E-state index in [1.165, 1.54) is 0 Å². The molecule has 0 rings (SSSR count). The Balaban J connectivity index is 5.10. The summed E-state index contributed by atoms with van der Waals surface area (Å²) >= 11 is 0. The third-order valence-corrected chi connectivity index (χ3v) is 5.68. The second-order valence-corrected chi connectivity index (χ2v) is 9.24. The maximum Gasteiger partial charge on any atom is 0.237 e. The first-order valence-electron chi connectivity index (χ1n) is 13.0. The molecule has 14 nitrogen and oxygen atoms in total. The number of amides is 1. The van der Waals surface area contributed by atoms with Crippen molar-refractivity contribution in [1.29, 1.82) is 0 Å². The Morgan fingerprint density at radius 2 is 1.53 bits per heavy atom. The van der Waals surface area contributed by atoms with Crippen LogP contribution >= 0.6 is 0 Å². The van der Waals surface area contributed by atoms with Gasteiger partial charge in [0.05, 0.1) is 24.9 Å². The summed E-state index contributed by atoms with van der Waals surface area (Å²) < 4.78 is 0. The summed E-state index contributed by atoms with van der Waals surface area (Å²) in [7, 11) is 1.88. The molecule has 0 aromatic rings. The lowest BCUT2D eigenvalue weighted by Gasteiger charge is -2.31. The molecular formula is C22H54N10O4. The van der Waals surface area contributed by atoms with Crippen LogP contribution in [0.2, 0.25) is 0 Å². The number of hydrogen-bond acceptors (Lipinski definition) is 13. The van der Waals surface area contributed by atoms with Crippen LogP contribution in [0, 0.1) is 0 Å². The molecular weight excluding hydrogens is 468 g/mol. The molecule has 0 aliphatic heterocycles. The fraction of sp³-hybridized carbons (Fsp3) is 0.955. The lowest BCUT2D eigenvalue weighted by molar-refractivity contribution is -0.124. The summed E-state index contributed by atoms with van der Waals surface area (Å²) in [6.07, 6.45) is 1.84. The van der Waals surface area contributed by atoms with Crippen LogP contribution in [-0.4, -0.2) is 104 Å². The Kier molecular flexibility index (Phi) is 21.4. The maximum atomic E-state index is 12.7. The van der Waals surface area contributed by atoms with Gasteiger partial charge in [-0.3, -0.25) is 20.7 Å². The van der Waals surface area contributed by atoms with Gasteiger partial charge in [0.2, 0.25) is 5.91 Å². The van der Waals surface area contributed by atoms with E-state index >= 15 is 0 Å². The molecule has 0 fully saturated rings. The van der Waals surface area contributed by atoms with E-state index in [-0.39, 0.29) is 24.7 Å². The second-order valence-electron chi connectivity index (χ2n) is 9.24. The number of rotatable bonds is 24. The minimum atomic E-state index is -1.08. The van der Waals surface area contributed by atoms with Gasteiger partial charge in [-0.25, -0.2) is 0 Å². The monoisotopic (exact) mass is 522 g/mol. The number of aliphatic hydroxyl groups excluding tert-OH is 3. The van der Waals surface area contributed by atoms with Crippen LogP contribution in [0.3, 0.4) is 0 Å². The number of nitrogens with one attached hydrogen (secondary N) is 6. The highest BCUT2D eigenvalue weighted by Crippen LogP contribution is 2.07. The number of nitrogens with two attached hydrogens (primary N) is 4. The Morgan fingerprint density at radius 3 is 2.14 bits per heavy atom. The van der Waals surface area contributed by atoms with Crippen molar-refractivity contribution in [2.45, 2.75) is 94.9 Å². The average Bonchev–Trinajstić information content (AvgIpc) is 2.83. The zero-order valence-electron chi connectivity index (χ0n) is 22.1. The largest absolute Gasteiger partial charge is 0.392 e. The molecule has 0 bridgehead atoms. The zero-order chi connectivity index (χ0) is 27.3. The number of unbranched alkanes of at least 4 members (excludes halogenated alkanes) is 1. The summed E-state index contributed by atoms with van der Waals surface area (Å²) in [5.74, 6) is -0.308. The molecule has 0 heterocycles. The van der Waals surface area contributed by atoms with Crippen LogP contribution < -0.4 is 54.8 Å². The van der Waals surface area contributed by atoms with E-state index in [4.69, 9.17) is 28.0 Å². The number of carbonyl (C=O) groups excluding carboxylic acids is 1. The van der Waals surface area contributed by atoms with Gasteiger partial charge in [-0.1, -0.05) is 6.42 Å². The van der Waals surface area contributed by atoms with Gasteiger partial charge in [0.1, 0.15) is 18.7 Å². The molecule has 0 radical (unpaired) electrons. The molecule has 0 spiro atoms. The SMILES string of the molecule is CNCCCCC(N)C(=O)NC(CCCNC(C)N)C(O)NC(CCCNC(N)N)CNC(O)CO. The Labute approximate surface area is 216 Å². The van der Waals surface area contributed by atoms with Crippen molar-refractivity contribution in [2.24, 2.45) is 22.9 Å². The molecule has 1 amide bonds. The van der Waals surface area contributed by atoms with Gasteiger partial charge in [-0.15, -0.1) is 0 Å². The molecule has 216 valence electrons. The molecule has 0 aliphatic carbocycles. The number of aliphatic hydroxyl groups is 3. The van der Waals surface area contributed by atoms with Crippen molar-refractivity contribution in [3.05, 3.63) is 0 Å². The molecule has 14 heteroatoms. The third-order valence-electron chi connectivity index (χ3n) is 5.68. The van der Waals surface area contributed by atoms with E-state index in [0.29, 0.717) is 45.2 Å². The smallest absolute Gasteiger partial charge is 0.237 e. The van der Waals surface area contributed by atoms with E-state index in [2.05, 4.69) is 31.9 Å². The van der Waals surface area contributed by atoms with Crippen molar-refractivity contribution < 1.29 is 20.1 Å². The van der Waals surface area contributed by atoms with Crippen LogP contribution in [0.1, 0.15) is 51.9 Å². The molecule has 6 atom stereocenters. The van der Waals surface area contributed by atoms with Gasteiger partial charge >= 0.3 is 0 Å². The van der Waals surface area contributed by atoms with Crippen LogP contribution in [-0.2, 0) is 4.79 Å². The van der Waals surface area contributed by atoms with Gasteiger partial charge in [0.25, 0.3) is 0 Å². The summed E-state index contributed by atoms with van der Waals surface area (Å²) in [4.78, 5) is 12.7. The molecule has 17 N–H and O–H groups in total.